The van der Waals surface area contributed by atoms with Crippen molar-refractivity contribution in [3.05, 3.63) is 65.7 Å². The predicted octanol–water partition coefficient (Wildman–Crippen LogP) is -3.11. The first kappa shape index (κ1) is 43.9. The molecule has 290 valence electrons. The monoisotopic (exact) mass is 761 g/mol. The molecule has 19 heteroatoms. The molecule has 2 aromatic carbocycles. The summed E-state index contributed by atoms with van der Waals surface area (Å²) in [6.45, 7) is -0.820. The van der Waals surface area contributed by atoms with Gasteiger partial charge in [0.05, 0.1) is 31.8 Å². The van der Waals surface area contributed by atoms with E-state index >= 15 is 0 Å². The molecule has 12 N–H and O–H groups in total. The van der Waals surface area contributed by atoms with Crippen molar-refractivity contribution >= 4 is 53.2 Å². The molecule has 0 radical (unpaired) electrons. The summed E-state index contributed by atoms with van der Waals surface area (Å²) in [5, 5.41) is 52.2. The lowest BCUT2D eigenvalue weighted by molar-refractivity contribution is -0.144. The minimum atomic E-state index is -1.70. The van der Waals surface area contributed by atoms with E-state index in [2.05, 4.69) is 26.6 Å². The van der Waals surface area contributed by atoms with Gasteiger partial charge in [-0.05, 0) is 55.0 Å². The van der Waals surface area contributed by atoms with E-state index in [-0.39, 0.29) is 25.0 Å². The van der Waals surface area contributed by atoms with Gasteiger partial charge < -0.3 is 58.1 Å². The molecular weight excluding hydrogens is 714 g/mol. The number of aliphatic hydroxyl groups is 2. The van der Waals surface area contributed by atoms with Crippen LogP contribution in [-0.4, -0.2) is 130 Å². The van der Waals surface area contributed by atoms with Gasteiger partial charge in [0.15, 0.2) is 0 Å². The number of benzene rings is 2. The topological polar surface area (TPSA) is 299 Å². The second-order valence-corrected chi connectivity index (χ2v) is 12.9. The quantitative estimate of drug-likeness (QED) is 0.0567. The summed E-state index contributed by atoms with van der Waals surface area (Å²) < 4.78 is 0. The van der Waals surface area contributed by atoms with Crippen LogP contribution in [0.4, 0.5) is 0 Å². The number of aromatic hydroxyl groups is 1. The van der Waals surface area contributed by atoms with E-state index in [1.807, 2.05) is 5.32 Å². The SMILES string of the molecule is CSCCC(NC(=O)C(Cc1ccccc1)NC(=O)CNC(=O)CNC(=O)C(N)Cc1ccc(O)cc1)C(=O)NC(C(=O)NC(CO)C(=O)O)C(C)O. The van der Waals surface area contributed by atoms with Crippen LogP contribution in [0.2, 0.25) is 0 Å². The van der Waals surface area contributed by atoms with Crippen LogP contribution in [-0.2, 0) is 46.4 Å². The van der Waals surface area contributed by atoms with Gasteiger partial charge in [0, 0.05) is 6.42 Å². The first-order valence-electron chi connectivity index (χ1n) is 16.5. The Hall–Kier alpha value is -5.24. The number of carboxylic acids is 1. The Labute approximate surface area is 310 Å². The fraction of sp³-hybridized carbons (Fsp3) is 0.441. The largest absolute Gasteiger partial charge is 0.508 e. The number of carboxylic acid groups (broad SMARTS) is 1. The molecule has 0 aliphatic heterocycles. The number of aliphatic carboxylic acids is 1. The van der Waals surface area contributed by atoms with Gasteiger partial charge in [0.25, 0.3) is 0 Å². The fourth-order valence-corrected chi connectivity index (χ4v) is 5.18. The highest BCUT2D eigenvalue weighted by Gasteiger charge is 2.33. The number of amides is 6. The highest BCUT2D eigenvalue weighted by molar-refractivity contribution is 7.98. The van der Waals surface area contributed by atoms with Crippen LogP contribution in [0.1, 0.15) is 24.5 Å². The van der Waals surface area contributed by atoms with Gasteiger partial charge in [0.1, 0.15) is 29.9 Å². The molecule has 0 fully saturated rings. The molecule has 53 heavy (non-hydrogen) atoms. The molecule has 6 unspecified atom stereocenters. The molecule has 0 aliphatic carbocycles. The number of phenolic OH excluding ortho intramolecular Hbond substituents is 1. The minimum Gasteiger partial charge on any atom is -0.508 e. The van der Waals surface area contributed by atoms with Gasteiger partial charge in [-0.15, -0.1) is 0 Å². The summed E-state index contributed by atoms with van der Waals surface area (Å²) in [4.78, 5) is 88.6. The molecular formula is C34H47N7O11S. The van der Waals surface area contributed by atoms with Crippen molar-refractivity contribution in [1.82, 2.24) is 31.9 Å². The average Bonchev–Trinajstić information content (AvgIpc) is 3.12. The minimum absolute atomic E-state index is 0.0192. The molecule has 0 spiro atoms. The maximum absolute atomic E-state index is 13.6. The Morgan fingerprint density at radius 2 is 1.30 bits per heavy atom. The van der Waals surface area contributed by atoms with Gasteiger partial charge >= 0.3 is 5.97 Å². The first-order valence-corrected chi connectivity index (χ1v) is 17.9. The number of hydrogen-bond donors (Lipinski definition) is 11. The van der Waals surface area contributed by atoms with Crippen molar-refractivity contribution in [1.29, 1.82) is 0 Å². The fourth-order valence-electron chi connectivity index (χ4n) is 4.71. The highest BCUT2D eigenvalue weighted by atomic mass is 32.2. The zero-order valence-corrected chi connectivity index (χ0v) is 30.1. The van der Waals surface area contributed by atoms with E-state index in [0.29, 0.717) is 16.9 Å². The molecule has 0 aliphatic rings. The molecule has 18 nitrogen and oxygen atoms in total. The summed E-state index contributed by atoms with van der Waals surface area (Å²) in [6, 6.07) is 7.89. The number of hydrogen-bond acceptors (Lipinski definition) is 12. The van der Waals surface area contributed by atoms with Gasteiger partial charge in [-0.1, -0.05) is 42.5 Å². The number of nitrogens with one attached hydrogen (secondary N) is 6. The zero-order chi connectivity index (χ0) is 39.5. The Bertz CT molecular complexity index is 1550. The van der Waals surface area contributed by atoms with Crippen molar-refractivity contribution in [3.63, 3.8) is 0 Å². The number of carbonyl (C=O) groups excluding carboxylic acids is 6. The van der Waals surface area contributed by atoms with E-state index < -0.39 is 97.4 Å². The molecule has 6 atom stereocenters. The Kier molecular flexibility index (Phi) is 18.8. The number of rotatable bonds is 22. The van der Waals surface area contributed by atoms with Crippen molar-refractivity contribution in [3.8, 4) is 5.75 Å². The third-order valence-corrected chi connectivity index (χ3v) is 8.28. The molecule has 0 saturated heterocycles. The number of thioether (sulfide) groups is 1. The summed E-state index contributed by atoms with van der Waals surface area (Å²) in [5.41, 5.74) is 7.26. The lowest BCUT2D eigenvalue weighted by atomic mass is 10.0. The van der Waals surface area contributed by atoms with Crippen molar-refractivity contribution in [2.75, 3.05) is 31.7 Å². The lowest BCUT2D eigenvalue weighted by Crippen LogP contribution is -2.60. The maximum Gasteiger partial charge on any atom is 0.328 e. The Balaban J connectivity index is 2.07. The Morgan fingerprint density at radius 1 is 0.717 bits per heavy atom. The van der Waals surface area contributed by atoms with Crippen LogP contribution in [0.3, 0.4) is 0 Å². The normalized spacial score (nSPS) is 14.2. The molecule has 0 saturated carbocycles. The smallest absolute Gasteiger partial charge is 0.328 e. The van der Waals surface area contributed by atoms with Crippen LogP contribution in [0.25, 0.3) is 0 Å². The van der Waals surface area contributed by atoms with Crippen LogP contribution >= 0.6 is 11.8 Å². The molecule has 0 heterocycles. The number of carbonyl (C=O) groups is 7. The number of aliphatic hydroxyl groups excluding tert-OH is 2. The van der Waals surface area contributed by atoms with Crippen molar-refractivity contribution in [2.24, 2.45) is 5.73 Å². The lowest BCUT2D eigenvalue weighted by Gasteiger charge is -2.27. The summed E-state index contributed by atoms with van der Waals surface area (Å²) in [7, 11) is 0. The third kappa shape index (κ3) is 15.9. The standard InChI is InChI=1S/C34H47N7O11S/c1-19(43)29(33(50)40-26(18-42)34(51)52)41-31(48)24(12-13-53-2)39-32(49)25(15-20-6-4-3-5-7-20)38-28(46)17-36-27(45)16-37-30(47)23(35)14-21-8-10-22(44)11-9-21/h3-11,19,23-26,29,42-44H,12-18,35H2,1-2H3,(H,36,45)(H,37,47)(H,38,46)(H,39,49)(H,40,50)(H,41,48)(H,51,52). The van der Waals surface area contributed by atoms with Crippen LogP contribution in [0, 0.1) is 0 Å². The molecule has 0 bridgehead atoms. The van der Waals surface area contributed by atoms with E-state index in [1.54, 1.807) is 48.7 Å². The van der Waals surface area contributed by atoms with Crippen LogP contribution < -0.4 is 37.6 Å². The van der Waals surface area contributed by atoms with E-state index in [0.717, 1.165) is 0 Å². The zero-order valence-electron chi connectivity index (χ0n) is 29.2. The highest BCUT2D eigenvalue weighted by Crippen LogP contribution is 2.11. The Morgan fingerprint density at radius 3 is 1.89 bits per heavy atom. The van der Waals surface area contributed by atoms with E-state index in [1.165, 1.54) is 30.8 Å². The summed E-state index contributed by atoms with van der Waals surface area (Å²) in [5.74, 6) is -5.96. The number of phenols is 1. The maximum atomic E-state index is 13.6. The van der Waals surface area contributed by atoms with Gasteiger partial charge in [-0.25, -0.2) is 4.79 Å². The van der Waals surface area contributed by atoms with E-state index in [4.69, 9.17) is 10.8 Å². The molecule has 0 aromatic heterocycles. The number of nitrogens with two attached hydrogens (primary N) is 1. The van der Waals surface area contributed by atoms with Crippen LogP contribution in [0.15, 0.2) is 54.6 Å². The van der Waals surface area contributed by atoms with Crippen molar-refractivity contribution in [2.45, 2.75) is 62.5 Å². The second kappa shape index (κ2) is 22.6. The summed E-state index contributed by atoms with van der Waals surface area (Å²) >= 11 is 1.35. The molecule has 6 amide bonds. The van der Waals surface area contributed by atoms with Crippen molar-refractivity contribution < 1.29 is 54.0 Å². The first-order chi connectivity index (χ1) is 25.1. The van der Waals surface area contributed by atoms with Crippen LogP contribution in [0.5, 0.6) is 5.75 Å². The predicted molar refractivity (Wildman–Crippen MR) is 193 cm³/mol. The average molecular weight is 762 g/mol. The van der Waals surface area contributed by atoms with E-state index in [9.17, 15) is 48.9 Å². The second-order valence-electron chi connectivity index (χ2n) is 11.9. The summed E-state index contributed by atoms with van der Waals surface area (Å²) in [6.07, 6.45) is 0.450. The van der Waals surface area contributed by atoms with Gasteiger partial charge in [0.2, 0.25) is 35.4 Å². The third-order valence-electron chi connectivity index (χ3n) is 7.64. The van der Waals surface area contributed by atoms with Gasteiger partial charge in [-0.3, -0.25) is 28.8 Å². The molecule has 2 rings (SSSR count). The molecule has 2 aromatic rings. The van der Waals surface area contributed by atoms with Gasteiger partial charge in [-0.2, -0.15) is 11.8 Å².